The van der Waals surface area contributed by atoms with Gasteiger partial charge in [-0.25, -0.2) is 15.0 Å². The van der Waals surface area contributed by atoms with E-state index in [0.29, 0.717) is 49.4 Å². The molecule has 3 atom stereocenters. The summed E-state index contributed by atoms with van der Waals surface area (Å²) in [6.07, 6.45) is -1.01. The normalized spacial score (nSPS) is 21.6. The minimum absolute atomic E-state index is 0.0732. The number of likely N-dealkylation sites (tertiary alicyclic amines) is 1. The lowest BCUT2D eigenvalue weighted by Crippen LogP contribution is -2.30. The smallest absolute Gasteiger partial charge is 0.416 e. The number of alkyl halides is 3. The molecule has 5 rings (SSSR count). The minimum Gasteiger partial charge on any atom is -0.466 e. The largest absolute Gasteiger partial charge is 0.466 e. The van der Waals surface area contributed by atoms with Gasteiger partial charge >= 0.3 is 12.1 Å². The molecule has 3 heterocycles. The van der Waals surface area contributed by atoms with Gasteiger partial charge in [-0.05, 0) is 53.9 Å². The molecule has 0 spiro atoms. The number of fused-ring (bicyclic) bond motifs is 2. The van der Waals surface area contributed by atoms with Crippen LogP contribution in [0.4, 0.5) is 13.2 Å². The van der Waals surface area contributed by atoms with E-state index >= 15 is 0 Å². The number of hydrogen-bond donors (Lipinski definition) is 0. The fourth-order valence-corrected chi connectivity index (χ4v) is 5.45. The van der Waals surface area contributed by atoms with Crippen LogP contribution < -0.4 is 0 Å². The van der Waals surface area contributed by atoms with E-state index < -0.39 is 11.7 Å². The van der Waals surface area contributed by atoms with Gasteiger partial charge < -0.3 is 9.64 Å². The van der Waals surface area contributed by atoms with Crippen molar-refractivity contribution in [2.75, 3.05) is 19.7 Å². The Bertz CT molecular complexity index is 1220. The van der Waals surface area contributed by atoms with Crippen LogP contribution in [0.2, 0.25) is 0 Å². The molecule has 1 saturated carbocycles. The number of carbonyl (C=O) groups is 2. The zero-order valence-corrected chi connectivity index (χ0v) is 19.7. The molecule has 0 radical (unpaired) electrons. The van der Waals surface area contributed by atoms with Crippen molar-refractivity contribution in [2.45, 2.75) is 38.3 Å². The summed E-state index contributed by atoms with van der Waals surface area (Å²) in [5.41, 5.74) is 1.13. The van der Waals surface area contributed by atoms with Gasteiger partial charge in [0.1, 0.15) is 5.69 Å². The summed E-state index contributed by atoms with van der Waals surface area (Å²) in [6, 6.07) is 9.34. The third-order valence-electron chi connectivity index (χ3n) is 7.11. The van der Waals surface area contributed by atoms with Crippen molar-refractivity contribution < 1.29 is 27.5 Å². The Morgan fingerprint density at radius 2 is 1.78 bits per heavy atom. The zero-order chi connectivity index (χ0) is 25.4. The van der Waals surface area contributed by atoms with Crippen LogP contribution in [0, 0.1) is 11.8 Å². The fourth-order valence-electron chi connectivity index (χ4n) is 5.45. The Labute approximate surface area is 206 Å². The summed E-state index contributed by atoms with van der Waals surface area (Å²) >= 11 is 0. The zero-order valence-electron chi connectivity index (χ0n) is 19.7. The van der Waals surface area contributed by atoms with Gasteiger partial charge in [-0.15, -0.1) is 0 Å². The lowest BCUT2D eigenvalue weighted by Gasteiger charge is -2.21. The predicted molar refractivity (Wildman–Crippen MR) is 123 cm³/mol. The van der Waals surface area contributed by atoms with Crippen molar-refractivity contribution in [2.24, 2.45) is 11.8 Å². The fraction of sp³-hybridized carbons (Fsp3) is 0.423. The summed E-state index contributed by atoms with van der Waals surface area (Å²) < 4.78 is 45.4. The van der Waals surface area contributed by atoms with Gasteiger partial charge in [-0.3, -0.25) is 9.59 Å². The number of ether oxygens (including phenoxy) is 1. The lowest BCUT2D eigenvalue weighted by molar-refractivity contribution is -0.141. The molecule has 1 aromatic rings. The first-order valence-electron chi connectivity index (χ1n) is 11.9. The number of imidazole rings is 1. The average molecular weight is 499 g/mol. The van der Waals surface area contributed by atoms with Gasteiger partial charge in [0.25, 0.3) is 5.91 Å². The molecule has 1 amide bonds. The van der Waals surface area contributed by atoms with Crippen LogP contribution in [0.25, 0.3) is 11.5 Å². The Morgan fingerprint density at radius 1 is 1.06 bits per heavy atom. The number of hydrogen-bond acceptors (Lipinski definition) is 6. The predicted octanol–water partition coefficient (Wildman–Crippen LogP) is 4.37. The molecule has 7 nitrogen and oxygen atoms in total. The maximum absolute atomic E-state index is 13.5. The number of aromatic nitrogens is 3. The Balaban J connectivity index is 1.24. The molecule has 0 N–H and O–H groups in total. The third-order valence-corrected chi connectivity index (χ3v) is 7.11. The first-order valence-corrected chi connectivity index (χ1v) is 11.9. The second-order valence-corrected chi connectivity index (χ2v) is 9.50. The van der Waals surface area contributed by atoms with Crippen LogP contribution in [-0.2, 0) is 22.1 Å². The van der Waals surface area contributed by atoms with Crippen LogP contribution in [0.5, 0.6) is 0 Å². The van der Waals surface area contributed by atoms with Crippen molar-refractivity contribution in [1.29, 1.82) is 0 Å². The standard InChI is InChI=1S/C26H25F3N4O3/c1-15(34)36-9-8-16-6-7-22-23(30-12-16)32-24(31-22)25(35)33-13-18-10-17(11-19(18)14-33)20-4-2-3-5-21(20)26(27,28)29/h2-7,12,17-19H,8-11,13-14H2,1H3/t17-,18-,19+. The van der Waals surface area contributed by atoms with Crippen LogP contribution in [-0.4, -0.2) is 51.4 Å². The summed E-state index contributed by atoms with van der Waals surface area (Å²) in [5.74, 6) is -0.0642. The highest BCUT2D eigenvalue weighted by molar-refractivity contribution is 5.92. The Hall–Kier alpha value is -3.56. The van der Waals surface area contributed by atoms with Gasteiger partial charge in [0.2, 0.25) is 5.82 Å². The van der Waals surface area contributed by atoms with Crippen LogP contribution >= 0.6 is 0 Å². The minimum atomic E-state index is -4.37. The first kappa shape index (κ1) is 24.1. The molecule has 0 bridgehead atoms. The van der Waals surface area contributed by atoms with E-state index in [1.54, 1.807) is 35.4 Å². The number of carbonyl (C=O) groups excluding carboxylic acids is 2. The molecule has 188 valence electrons. The quantitative estimate of drug-likeness (QED) is 0.486. The van der Waals surface area contributed by atoms with Gasteiger partial charge in [0, 0.05) is 32.6 Å². The van der Waals surface area contributed by atoms with E-state index in [9.17, 15) is 22.8 Å². The average Bonchev–Trinajstić information content (AvgIpc) is 3.49. The van der Waals surface area contributed by atoms with Crippen molar-refractivity contribution in [3.63, 3.8) is 0 Å². The number of halogens is 3. The molecule has 36 heavy (non-hydrogen) atoms. The van der Waals surface area contributed by atoms with Crippen molar-refractivity contribution in [3.8, 4) is 11.5 Å². The molecular formula is C26H25F3N4O3. The maximum Gasteiger partial charge on any atom is 0.416 e. The summed E-state index contributed by atoms with van der Waals surface area (Å²) in [6.45, 7) is 2.57. The van der Waals surface area contributed by atoms with E-state index in [-0.39, 0.29) is 42.1 Å². The second-order valence-electron chi connectivity index (χ2n) is 9.50. The Kier molecular flexibility index (Phi) is 6.36. The van der Waals surface area contributed by atoms with Crippen molar-refractivity contribution >= 4 is 11.9 Å². The van der Waals surface area contributed by atoms with Crippen molar-refractivity contribution in [3.05, 3.63) is 65.1 Å². The van der Waals surface area contributed by atoms with E-state index in [0.717, 1.165) is 11.6 Å². The number of nitrogens with zero attached hydrogens (tertiary/aromatic N) is 4. The monoisotopic (exact) mass is 498 g/mol. The molecule has 3 aliphatic heterocycles. The number of esters is 1. The summed E-state index contributed by atoms with van der Waals surface area (Å²) in [5, 5.41) is 0. The van der Waals surface area contributed by atoms with Crippen LogP contribution in [0.3, 0.4) is 0 Å². The summed E-state index contributed by atoms with van der Waals surface area (Å²) in [7, 11) is 0. The molecule has 4 aliphatic rings. The highest BCUT2D eigenvalue weighted by Crippen LogP contribution is 2.49. The molecule has 1 aliphatic carbocycles. The van der Waals surface area contributed by atoms with Crippen molar-refractivity contribution in [1.82, 2.24) is 19.9 Å². The lowest BCUT2D eigenvalue weighted by atomic mass is 9.91. The van der Waals surface area contributed by atoms with Gasteiger partial charge in [0.05, 0.1) is 12.2 Å². The number of amides is 1. The molecule has 1 saturated heterocycles. The van der Waals surface area contributed by atoms with Gasteiger partial charge in [-0.1, -0.05) is 24.3 Å². The number of rotatable bonds is 5. The third kappa shape index (κ3) is 4.89. The molecule has 0 unspecified atom stereocenters. The maximum atomic E-state index is 13.5. The van der Waals surface area contributed by atoms with E-state index in [2.05, 4.69) is 15.0 Å². The topological polar surface area (TPSA) is 85.3 Å². The molecule has 0 aromatic heterocycles. The van der Waals surface area contributed by atoms with E-state index in [1.807, 2.05) is 0 Å². The number of benzene rings is 1. The van der Waals surface area contributed by atoms with Crippen LogP contribution in [0.15, 0.2) is 42.6 Å². The molecule has 10 heteroatoms. The first-order chi connectivity index (χ1) is 17.2. The van der Waals surface area contributed by atoms with E-state index in [1.165, 1.54) is 13.0 Å². The molecule has 1 aromatic carbocycles. The van der Waals surface area contributed by atoms with Crippen LogP contribution in [0.1, 0.15) is 53.0 Å². The highest BCUT2D eigenvalue weighted by Gasteiger charge is 2.45. The second kappa shape index (κ2) is 9.48. The highest BCUT2D eigenvalue weighted by atomic mass is 19.4. The van der Waals surface area contributed by atoms with E-state index in [4.69, 9.17) is 4.74 Å². The molecule has 2 fully saturated rings. The molecular weight excluding hydrogens is 473 g/mol. The van der Waals surface area contributed by atoms with Gasteiger partial charge in [0.15, 0.2) is 5.82 Å². The van der Waals surface area contributed by atoms with Gasteiger partial charge in [-0.2, -0.15) is 13.2 Å². The SMILES string of the molecule is CC(=O)OCCc1ccc2nc(C(=O)N3C[C@H]4C[C@@H](c5ccccc5C(F)(F)F)C[C@H]4C3)nc-2nc1. The summed E-state index contributed by atoms with van der Waals surface area (Å²) in [4.78, 5) is 38.7. The Morgan fingerprint density at radius 3 is 2.47 bits per heavy atom.